The van der Waals surface area contributed by atoms with Crippen LogP contribution in [0.3, 0.4) is 0 Å². The maximum Gasteiger partial charge on any atom is 0.326 e. The van der Waals surface area contributed by atoms with Crippen LogP contribution in [0, 0.1) is 0 Å². The van der Waals surface area contributed by atoms with E-state index in [9.17, 15) is 17.6 Å². The third kappa shape index (κ3) is 2.90. The monoisotopic (exact) mass is 315 g/mol. The Hall–Kier alpha value is -0.820. The molecule has 0 spiro atoms. The minimum atomic E-state index is -4.31. The minimum Gasteiger partial charge on any atom is -0.496 e. The SMILES string of the molecule is COc1ccc(Br)cc1C(N)C(F)(F)C(F)F. The Balaban J connectivity index is 3.19. The molecule has 1 unspecified atom stereocenters. The largest absolute Gasteiger partial charge is 0.496 e. The first kappa shape index (κ1) is 14.2. The Morgan fingerprint density at radius 2 is 1.94 bits per heavy atom. The molecule has 1 atom stereocenters. The predicted molar refractivity (Wildman–Crippen MR) is 58.6 cm³/mol. The van der Waals surface area contributed by atoms with Gasteiger partial charge in [0.15, 0.2) is 0 Å². The fourth-order valence-electron chi connectivity index (χ4n) is 1.29. The van der Waals surface area contributed by atoms with Gasteiger partial charge in [-0.05, 0) is 18.2 Å². The lowest BCUT2D eigenvalue weighted by molar-refractivity contribution is -0.144. The van der Waals surface area contributed by atoms with Gasteiger partial charge in [-0.1, -0.05) is 15.9 Å². The van der Waals surface area contributed by atoms with Crippen LogP contribution in [0.2, 0.25) is 0 Å². The zero-order valence-electron chi connectivity index (χ0n) is 8.76. The molecule has 0 amide bonds. The van der Waals surface area contributed by atoms with Gasteiger partial charge in [0.2, 0.25) is 0 Å². The van der Waals surface area contributed by atoms with Crippen molar-refractivity contribution in [2.24, 2.45) is 5.73 Å². The van der Waals surface area contributed by atoms with Crippen molar-refractivity contribution in [2.45, 2.75) is 18.4 Å². The highest BCUT2D eigenvalue weighted by Crippen LogP contribution is 2.39. The highest BCUT2D eigenvalue weighted by atomic mass is 79.9. The van der Waals surface area contributed by atoms with Crippen molar-refractivity contribution in [3.05, 3.63) is 28.2 Å². The van der Waals surface area contributed by atoms with Gasteiger partial charge in [-0.25, -0.2) is 8.78 Å². The molecule has 0 radical (unpaired) electrons. The van der Waals surface area contributed by atoms with Crippen LogP contribution in [0.4, 0.5) is 17.6 Å². The molecule has 17 heavy (non-hydrogen) atoms. The summed E-state index contributed by atoms with van der Waals surface area (Å²) in [6, 6.07) is 2.02. The highest BCUT2D eigenvalue weighted by molar-refractivity contribution is 9.10. The van der Waals surface area contributed by atoms with Crippen LogP contribution < -0.4 is 10.5 Å². The zero-order valence-corrected chi connectivity index (χ0v) is 10.3. The predicted octanol–water partition coefficient (Wildman–Crippen LogP) is 3.36. The second kappa shape index (κ2) is 5.22. The number of benzene rings is 1. The second-order valence-corrected chi connectivity index (χ2v) is 4.25. The van der Waals surface area contributed by atoms with Gasteiger partial charge < -0.3 is 10.5 Å². The van der Waals surface area contributed by atoms with Gasteiger partial charge in [-0.15, -0.1) is 0 Å². The third-order valence-corrected chi connectivity index (χ3v) is 2.73. The van der Waals surface area contributed by atoms with Gasteiger partial charge in [-0.3, -0.25) is 0 Å². The van der Waals surface area contributed by atoms with E-state index in [1.807, 2.05) is 0 Å². The molecule has 2 N–H and O–H groups in total. The lowest BCUT2D eigenvalue weighted by Crippen LogP contribution is -2.39. The molecule has 0 saturated carbocycles. The van der Waals surface area contributed by atoms with Crippen molar-refractivity contribution < 1.29 is 22.3 Å². The fraction of sp³-hybridized carbons (Fsp3) is 0.400. The number of hydrogen-bond donors (Lipinski definition) is 1. The summed E-state index contributed by atoms with van der Waals surface area (Å²) < 4.78 is 55.9. The molecule has 0 aliphatic rings. The number of hydrogen-bond acceptors (Lipinski definition) is 2. The number of alkyl halides is 4. The fourth-order valence-corrected chi connectivity index (χ4v) is 1.67. The molecule has 0 aromatic heterocycles. The molecule has 0 saturated heterocycles. The first-order chi connectivity index (χ1) is 7.80. The lowest BCUT2D eigenvalue weighted by Gasteiger charge is -2.24. The molecular weight excluding hydrogens is 306 g/mol. The number of rotatable bonds is 4. The molecular formula is C10H10BrF4NO. The van der Waals surface area contributed by atoms with E-state index in [0.29, 0.717) is 4.47 Å². The van der Waals surface area contributed by atoms with Crippen molar-refractivity contribution in [3.63, 3.8) is 0 Å². The normalized spacial score (nSPS) is 13.9. The van der Waals surface area contributed by atoms with E-state index in [4.69, 9.17) is 10.5 Å². The first-order valence-electron chi connectivity index (χ1n) is 4.55. The highest BCUT2D eigenvalue weighted by Gasteiger charge is 2.48. The summed E-state index contributed by atoms with van der Waals surface area (Å²) in [6.45, 7) is 0. The molecule has 7 heteroatoms. The van der Waals surface area contributed by atoms with Crippen molar-refractivity contribution in [2.75, 3.05) is 7.11 Å². The Kier molecular flexibility index (Phi) is 4.37. The minimum absolute atomic E-state index is 0.0426. The van der Waals surface area contributed by atoms with E-state index < -0.39 is 18.4 Å². The number of nitrogens with two attached hydrogens (primary N) is 1. The lowest BCUT2D eigenvalue weighted by atomic mass is 10.0. The van der Waals surface area contributed by atoms with Gasteiger partial charge >= 0.3 is 12.3 Å². The Morgan fingerprint density at radius 1 is 1.35 bits per heavy atom. The van der Waals surface area contributed by atoms with Gasteiger partial charge in [0, 0.05) is 10.0 Å². The van der Waals surface area contributed by atoms with E-state index in [1.165, 1.54) is 25.3 Å². The van der Waals surface area contributed by atoms with Gasteiger partial charge in [0.05, 0.1) is 7.11 Å². The maximum atomic E-state index is 13.1. The molecule has 0 aliphatic carbocycles. The summed E-state index contributed by atoms with van der Waals surface area (Å²) in [4.78, 5) is 0. The quantitative estimate of drug-likeness (QED) is 0.865. The Bertz CT molecular complexity index is 400. The van der Waals surface area contributed by atoms with Crippen LogP contribution in [-0.4, -0.2) is 19.5 Å². The number of ether oxygens (including phenoxy) is 1. The molecule has 1 aromatic rings. The van der Waals surface area contributed by atoms with Crippen LogP contribution >= 0.6 is 15.9 Å². The number of halogens is 5. The van der Waals surface area contributed by atoms with E-state index in [-0.39, 0.29) is 11.3 Å². The third-order valence-electron chi connectivity index (χ3n) is 2.23. The molecule has 0 bridgehead atoms. The maximum absolute atomic E-state index is 13.1. The molecule has 1 rings (SSSR count). The average Bonchev–Trinajstić information content (AvgIpc) is 2.27. The van der Waals surface area contributed by atoms with Gasteiger partial charge in [0.1, 0.15) is 11.8 Å². The van der Waals surface area contributed by atoms with E-state index in [2.05, 4.69) is 15.9 Å². The summed E-state index contributed by atoms with van der Waals surface area (Å²) in [5.74, 6) is -4.27. The van der Waals surface area contributed by atoms with E-state index >= 15 is 0 Å². The summed E-state index contributed by atoms with van der Waals surface area (Å²) in [5, 5.41) is 0. The molecule has 0 aliphatic heterocycles. The van der Waals surface area contributed by atoms with Crippen LogP contribution in [0.1, 0.15) is 11.6 Å². The zero-order chi connectivity index (χ0) is 13.2. The smallest absolute Gasteiger partial charge is 0.326 e. The molecule has 0 heterocycles. The van der Waals surface area contributed by atoms with Gasteiger partial charge in [0.25, 0.3) is 0 Å². The van der Waals surface area contributed by atoms with Crippen LogP contribution in [0.15, 0.2) is 22.7 Å². The first-order valence-corrected chi connectivity index (χ1v) is 5.35. The van der Waals surface area contributed by atoms with Crippen molar-refractivity contribution >= 4 is 15.9 Å². The second-order valence-electron chi connectivity index (χ2n) is 3.34. The van der Waals surface area contributed by atoms with E-state index in [0.717, 1.165) is 0 Å². The summed E-state index contributed by atoms with van der Waals surface area (Å²) >= 11 is 3.05. The average molecular weight is 316 g/mol. The Labute approximate surface area is 104 Å². The van der Waals surface area contributed by atoms with Crippen molar-refractivity contribution in [3.8, 4) is 5.75 Å². The van der Waals surface area contributed by atoms with Gasteiger partial charge in [-0.2, -0.15) is 8.78 Å². The molecule has 96 valence electrons. The van der Waals surface area contributed by atoms with Crippen molar-refractivity contribution in [1.29, 1.82) is 0 Å². The van der Waals surface area contributed by atoms with Crippen LogP contribution in [-0.2, 0) is 0 Å². The summed E-state index contributed by atoms with van der Waals surface area (Å²) in [5.41, 5.74) is 5.01. The van der Waals surface area contributed by atoms with E-state index in [1.54, 1.807) is 0 Å². The molecule has 0 fully saturated rings. The molecule has 1 aromatic carbocycles. The number of methoxy groups -OCH3 is 1. The topological polar surface area (TPSA) is 35.2 Å². The summed E-state index contributed by atoms with van der Waals surface area (Å²) in [7, 11) is 1.25. The van der Waals surface area contributed by atoms with Crippen LogP contribution in [0.5, 0.6) is 5.75 Å². The Morgan fingerprint density at radius 3 is 2.41 bits per heavy atom. The van der Waals surface area contributed by atoms with Crippen molar-refractivity contribution in [1.82, 2.24) is 0 Å². The summed E-state index contributed by atoms with van der Waals surface area (Å²) in [6.07, 6.45) is -3.83. The molecule has 2 nitrogen and oxygen atoms in total. The van der Waals surface area contributed by atoms with Crippen LogP contribution in [0.25, 0.3) is 0 Å². The standard InChI is InChI=1S/C10H10BrF4NO/c1-17-7-3-2-5(11)4-6(7)8(16)10(14,15)9(12)13/h2-4,8-9H,16H2,1H3.